The van der Waals surface area contributed by atoms with Crippen molar-refractivity contribution >= 4 is 5.97 Å². The van der Waals surface area contributed by atoms with Crippen LogP contribution in [0.4, 0.5) is 0 Å². The number of ether oxygens (including phenoxy) is 1. The van der Waals surface area contributed by atoms with Crippen LogP contribution in [0.5, 0.6) is 0 Å². The predicted molar refractivity (Wildman–Crippen MR) is 79.8 cm³/mol. The van der Waals surface area contributed by atoms with Gasteiger partial charge in [-0.2, -0.15) is 0 Å². The second-order valence-corrected chi connectivity index (χ2v) is 5.35. The van der Waals surface area contributed by atoms with Gasteiger partial charge < -0.3 is 10.1 Å². The highest BCUT2D eigenvalue weighted by molar-refractivity contribution is 5.89. The van der Waals surface area contributed by atoms with Crippen LogP contribution in [0.1, 0.15) is 36.2 Å². The highest BCUT2D eigenvalue weighted by atomic mass is 16.5. The van der Waals surface area contributed by atoms with E-state index in [0.29, 0.717) is 5.56 Å². The van der Waals surface area contributed by atoms with Gasteiger partial charge in [-0.3, -0.25) is 4.90 Å². The van der Waals surface area contributed by atoms with Crippen LogP contribution < -0.4 is 5.32 Å². The molecule has 110 valence electrons. The third-order valence-electron chi connectivity index (χ3n) is 3.69. The molecular weight excluding hydrogens is 252 g/mol. The van der Waals surface area contributed by atoms with Gasteiger partial charge in [-0.1, -0.05) is 19.1 Å². The van der Waals surface area contributed by atoms with Gasteiger partial charge in [0.1, 0.15) is 0 Å². The van der Waals surface area contributed by atoms with E-state index >= 15 is 0 Å². The van der Waals surface area contributed by atoms with E-state index in [2.05, 4.69) is 10.2 Å². The largest absolute Gasteiger partial charge is 0.459 e. The summed E-state index contributed by atoms with van der Waals surface area (Å²) in [6.07, 6.45) is 0.815. The minimum Gasteiger partial charge on any atom is -0.459 e. The Balaban J connectivity index is 1.90. The molecule has 4 nitrogen and oxygen atoms in total. The summed E-state index contributed by atoms with van der Waals surface area (Å²) in [6.45, 7) is 9.14. The highest BCUT2D eigenvalue weighted by Gasteiger charge is 2.12. The van der Waals surface area contributed by atoms with Gasteiger partial charge in [0, 0.05) is 32.7 Å². The summed E-state index contributed by atoms with van der Waals surface area (Å²) in [5.41, 5.74) is 1.88. The zero-order chi connectivity index (χ0) is 14.4. The standard InChI is InChI=1S/C16H24N2O2/c1-3-13(2)20-16(19)15-6-4-14(5-7-15)12-18-10-8-17-9-11-18/h4-7,13,17H,3,8-12H2,1-2H3. The normalized spacial score (nSPS) is 17.7. The lowest BCUT2D eigenvalue weighted by Gasteiger charge is -2.27. The maximum absolute atomic E-state index is 11.9. The molecule has 0 amide bonds. The number of carbonyl (C=O) groups excluding carboxylic acids is 1. The number of benzene rings is 1. The number of hydrogen-bond donors (Lipinski definition) is 1. The fourth-order valence-corrected chi connectivity index (χ4v) is 2.21. The van der Waals surface area contributed by atoms with E-state index in [1.807, 2.05) is 38.1 Å². The van der Waals surface area contributed by atoms with Gasteiger partial charge >= 0.3 is 5.97 Å². The summed E-state index contributed by atoms with van der Waals surface area (Å²) >= 11 is 0. The Kier molecular flexibility index (Phi) is 5.56. The molecule has 20 heavy (non-hydrogen) atoms. The Morgan fingerprint density at radius 2 is 1.95 bits per heavy atom. The molecule has 1 aromatic carbocycles. The average molecular weight is 276 g/mol. The summed E-state index contributed by atoms with van der Waals surface area (Å²) in [7, 11) is 0. The van der Waals surface area contributed by atoms with Gasteiger partial charge in [-0.15, -0.1) is 0 Å². The SMILES string of the molecule is CCC(C)OC(=O)c1ccc(CN2CCNCC2)cc1. The van der Waals surface area contributed by atoms with E-state index in [1.165, 1.54) is 5.56 Å². The van der Waals surface area contributed by atoms with E-state index in [-0.39, 0.29) is 12.1 Å². The number of piperazine rings is 1. The van der Waals surface area contributed by atoms with Crippen molar-refractivity contribution in [1.29, 1.82) is 0 Å². The first-order chi connectivity index (χ1) is 9.69. The van der Waals surface area contributed by atoms with Crippen molar-refractivity contribution in [2.24, 2.45) is 0 Å². The van der Waals surface area contributed by atoms with Crippen molar-refractivity contribution in [2.45, 2.75) is 32.9 Å². The number of rotatable bonds is 5. The molecule has 1 atom stereocenters. The monoisotopic (exact) mass is 276 g/mol. The minimum atomic E-state index is -0.229. The molecule has 1 fully saturated rings. The fraction of sp³-hybridized carbons (Fsp3) is 0.562. The van der Waals surface area contributed by atoms with Crippen LogP contribution in [0.15, 0.2) is 24.3 Å². The quantitative estimate of drug-likeness (QED) is 0.836. The van der Waals surface area contributed by atoms with Gasteiger partial charge in [0.2, 0.25) is 0 Å². The number of nitrogens with one attached hydrogen (secondary N) is 1. The Hall–Kier alpha value is -1.39. The van der Waals surface area contributed by atoms with E-state index < -0.39 is 0 Å². The first kappa shape index (κ1) is 15.0. The second kappa shape index (κ2) is 7.41. The molecule has 0 bridgehead atoms. The molecule has 1 heterocycles. The minimum absolute atomic E-state index is 0.0250. The molecule has 4 heteroatoms. The summed E-state index contributed by atoms with van der Waals surface area (Å²) in [5.74, 6) is -0.229. The fourth-order valence-electron chi connectivity index (χ4n) is 2.21. The maximum Gasteiger partial charge on any atom is 0.338 e. The van der Waals surface area contributed by atoms with Crippen molar-refractivity contribution in [3.8, 4) is 0 Å². The van der Waals surface area contributed by atoms with Gasteiger partial charge in [-0.05, 0) is 31.0 Å². The lowest BCUT2D eigenvalue weighted by Crippen LogP contribution is -2.42. The number of hydrogen-bond acceptors (Lipinski definition) is 4. The molecule has 2 rings (SSSR count). The molecule has 0 saturated carbocycles. The number of nitrogens with zero attached hydrogens (tertiary/aromatic N) is 1. The number of carbonyl (C=O) groups is 1. The van der Waals surface area contributed by atoms with E-state index in [1.54, 1.807) is 0 Å². The lowest BCUT2D eigenvalue weighted by molar-refractivity contribution is 0.0334. The molecule has 1 aliphatic rings. The zero-order valence-electron chi connectivity index (χ0n) is 12.4. The van der Waals surface area contributed by atoms with Crippen LogP contribution in [-0.4, -0.2) is 43.2 Å². The third-order valence-corrected chi connectivity index (χ3v) is 3.69. The first-order valence-corrected chi connectivity index (χ1v) is 7.42. The Bertz CT molecular complexity index is 425. The molecule has 0 radical (unpaired) electrons. The van der Waals surface area contributed by atoms with Crippen LogP contribution in [0, 0.1) is 0 Å². The van der Waals surface area contributed by atoms with Gasteiger partial charge in [0.25, 0.3) is 0 Å². The number of esters is 1. The topological polar surface area (TPSA) is 41.6 Å². The maximum atomic E-state index is 11.9. The highest BCUT2D eigenvalue weighted by Crippen LogP contribution is 2.10. The van der Waals surface area contributed by atoms with Crippen LogP contribution in [-0.2, 0) is 11.3 Å². The van der Waals surface area contributed by atoms with Crippen LogP contribution >= 0.6 is 0 Å². The summed E-state index contributed by atoms with van der Waals surface area (Å²) in [6, 6.07) is 7.77. The van der Waals surface area contributed by atoms with Gasteiger partial charge in [-0.25, -0.2) is 4.79 Å². The Morgan fingerprint density at radius 3 is 2.55 bits per heavy atom. The van der Waals surface area contributed by atoms with Crippen molar-refractivity contribution in [3.63, 3.8) is 0 Å². The average Bonchev–Trinajstić information content (AvgIpc) is 2.49. The van der Waals surface area contributed by atoms with E-state index in [9.17, 15) is 4.79 Å². The summed E-state index contributed by atoms with van der Waals surface area (Å²) < 4.78 is 5.32. The lowest BCUT2D eigenvalue weighted by atomic mass is 10.1. The van der Waals surface area contributed by atoms with Crippen molar-refractivity contribution in [1.82, 2.24) is 10.2 Å². The third kappa shape index (κ3) is 4.32. The molecular formula is C16H24N2O2. The first-order valence-electron chi connectivity index (χ1n) is 7.42. The molecule has 1 unspecified atom stereocenters. The summed E-state index contributed by atoms with van der Waals surface area (Å²) in [4.78, 5) is 14.3. The van der Waals surface area contributed by atoms with Gasteiger partial charge in [0.05, 0.1) is 11.7 Å². The molecule has 1 aromatic rings. The molecule has 0 aromatic heterocycles. The van der Waals surface area contributed by atoms with Crippen molar-refractivity contribution in [3.05, 3.63) is 35.4 Å². The smallest absolute Gasteiger partial charge is 0.338 e. The summed E-state index contributed by atoms with van der Waals surface area (Å²) in [5, 5.41) is 3.35. The van der Waals surface area contributed by atoms with Crippen molar-refractivity contribution in [2.75, 3.05) is 26.2 Å². The Morgan fingerprint density at radius 1 is 1.30 bits per heavy atom. The van der Waals surface area contributed by atoms with Crippen LogP contribution in [0.3, 0.4) is 0 Å². The Labute approximate surface area is 121 Å². The van der Waals surface area contributed by atoms with E-state index in [4.69, 9.17) is 4.74 Å². The predicted octanol–water partition coefficient (Wildman–Crippen LogP) is 2.05. The molecule has 0 spiro atoms. The van der Waals surface area contributed by atoms with Gasteiger partial charge in [0.15, 0.2) is 0 Å². The zero-order valence-corrected chi connectivity index (χ0v) is 12.4. The molecule has 1 aliphatic heterocycles. The second-order valence-electron chi connectivity index (χ2n) is 5.35. The molecule has 1 saturated heterocycles. The van der Waals surface area contributed by atoms with Crippen LogP contribution in [0.2, 0.25) is 0 Å². The molecule has 0 aliphatic carbocycles. The van der Waals surface area contributed by atoms with Crippen molar-refractivity contribution < 1.29 is 9.53 Å². The van der Waals surface area contributed by atoms with Crippen LogP contribution in [0.25, 0.3) is 0 Å². The molecule has 1 N–H and O–H groups in total. The van der Waals surface area contributed by atoms with E-state index in [0.717, 1.165) is 39.1 Å².